The first-order valence-corrected chi connectivity index (χ1v) is 11.4. The van der Waals surface area contributed by atoms with Crippen LogP contribution in [0.5, 0.6) is 23.0 Å². The minimum atomic E-state index is 0.627. The summed E-state index contributed by atoms with van der Waals surface area (Å²) < 4.78 is 17.1. The molecule has 5 heteroatoms. The lowest BCUT2D eigenvalue weighted by Crippen LogP contribution is -1.96. The topological polar surface area (TPSA) is 66.6 Å². The Labute approximate surface area is 203 Å². The van der Waals surface area contributed by atoms with Crippen molar-refractivity contribution in [3.8, 4) is 45.3 Å². The molecule has 2 N–H and O–H groups in total. The number of benzene rings is 4. The summed E-state index contributed by atoms with van der Waals surface area (Å²) in [6, 6.07) is 26.4. The molecule has 1 heterocycles. The van der Waals surface area contributed by atoms with Crippen LogP contribution in [0.15, 0.2) is 85.1 Å². The van der Waals surface area contributed by atoms with Gasteiger partial charge < -0.3 is 19.9 Å². The number of pyridine rings is 1. The van der Waals surface area contributed by atoms with Gasteiger partial charge in [0.05, 0.1) is 19.7 Å². The van der Waals surface area contributed by atoms with Crippen molar-refractivity contribution in [2.75, 3.05) is 20.0 Å². The fourth-order valence-corrected chi connectivity index (χ4v) is 4.85. The van der Waals surface area contributed by atoms with E-state index < -0.39 is 0 Å². The minimum absolute atomic E-state index is 0.627. The molecule has 0 fully saturated rings. The number of rotatable bonds is 5. The van der Waals surface area contributed by atoms with Crippen molar-refractivity contribution in [3.05, 3.63) is 96.2 Å². The van der Waals surface area contributed by atoms with Crippen LogP contribution in [-0.2, 0) is 6.42 Å². The molecule has 1 aliphatic carbocycles. The standard InChI is InChI=1S/C30H24N2O3/c1-33-28-16-25-26(17-29(28)34-2)32-14-13-27(25)35-20-9-7-18(8-10-20)22-11-12-23-21-6-4-3-5-19(21)15-24(23)30(22)31/h3-14,16-17H,15,31H2,1-2H3. The van der Waals surface area contributed by atoms with Crippen molar-refractivity contribution in [1.29, 1.82) is 0 Å². The second-order valence-electron chi connectivity index (χ2n) is 8.55. The van der Waals surface area contributed by atoms with Gasteiger partial charge in [0.1, 0.15) is 11.5 Å². The largest absolute Gasteiger partial charge is 0.493 e. The molecule has 0 spiro atoms. The highest BCUT2D eigenvalue weighted by molar-refractivity contribution is 5.90. The highest BCUT2D eigenvalue weighted by Crippen LogP contribution is 2.43. The number of ether oxygens (including phenoxy) is 3. The third-order valence-electron chi connectivity index (χ3n) is 6.63. The molecule has 172 valence electrons. The van der Waals surface area contributed by atoms with Crippen molar-refractivity contribution in [2.24, 2.45) is 0 Å². The van der Waals surface area contributed by atoms with Crippen molar-refractivity contribution in [1.82, 2.24) is 4.98 Å². The summed E-state index contributed by atoms with van der Waals surface area (Å²) in [6.07, 6.45) is 2.59. The summed E-state index contributed by atoms with van der Waals surface area (Å²) in [5.41, 5.74) is 15.4. The van der Waals surface area contributed by atoms with E-state index in [0.29, 0.717) is 17.2 Å². The second-order valence-corrected chi connectivity index (χ2v) is 8.55. The summed E-state index contributed by atoms with van der Waals surface area (Å²) in [7, 11) is 3.22. The van der Waals surface area contributed by atoms with Gasteiger partial charge in [-0.2, -0.15) is 0 Å². The van der Waals surface area contributed by atoms with Gasteiger partial charge in [0, 0.05) is 35.3 Å². The maximum absolute atomic E-state index is 6.66. The second kappa shape index (κ2) is 8.37. The zero-order valence-corrected chi connectivity index (χ0v) is 19.5. The first kappa shape index (κ1) is 21.1. The van der Waals surface area contributed by atoms with Gasteiger partial charge in [0.25, 0.3) is 0 Å². The van der Waals surface area contributed by atoms with E-state index in [1.807, 2.05) is 42.5 Å². The zero-order valence-electron chi connectivity index (χ0n) is 19.5. The summed E-state index contributed by atoms with van der Waals surface area (Å²) >= 11 is 0. The van der Waals surface area contributed by atoms with Crippen molar-refractivity contribution >= 4 is 16.6 Å². The van der Waals surface area contributed by atoms with Gasteiger partial charge in [-0.1, -0.05) is 48.5 Å². The summed E-state index contributed by atoms with van der Waals surface area (Å²) in [6.45, 7) is 0. The van der Waals surface area contributed by atoms with E-state index in [9.17, 15) is 0 Å². The highest BCUT2D eigenvalue weighted by atomic mass is 16.5. The molecule has 0 radical (unpaired) electrons. The summed E-state index contributed by atoms with van der Waals surface area (Å²) in [5.74, 6) is 2.67. The SMILES string of the molecule is COc1cc2nccc(Oc3ccc(-c4ccc5c(c4N)Cc4ccccc4-5)cc3)c2cc1OC. The van der Waals surface area contributed by atoms with Crippen LogP contribution in [-0.4, -0.2) is 19.2 Å². The molecular formula is C30H24N2O3. The average Bonchev–Trinajstić information content (AvgIpc) is 3.28. The van der Waals surface area contributed by atoms with Crippen LogP contribution in [0.25, 0.3) is 33.2 Å². The van der Waals surface area contributed by atoms with Crippen LogP contribution in [0.1, 0.15) is 11.1 Å². The van der Waals surface area contributed by atoms with Crippen molar-refractivity contribution in [2.45, 2.75) is 6.42 Å². The minimum Gasteiger partial charge on any atom is -0.493 e. The Bertz CT molecular complexity index is 1580. The Kier molecular flexibility index (Phi) is 5.03. The summed E-state index contributed by atoms with van der Waals surface area (Å²) in [5, 5.41) is 0.844. The molecular weight excluding hydrogens is 436 g/mol. The number of hydrogen-bond acceptors (Lipinski definition) is 5. The molecule has 0 amide bonds. The Morgan fingerprint density at radius 1 is 0.743 bits per heavy atom. The molecule has 5 nitrogen and oxygen atoms in total. The van der Waals surface area contributed by atoms with Gasteiger partial charge in [-0.3, -0.25) is 4.98 Å². The molecule has 0 aliphatic heterocycles. The molecule has 0 saturated carbocycles. The zero-order chi connectivity index (χ0) is 23.9. The number of nitrogen functional groups attached to an aromatic ring is 1. The Morgan fingerprint density at radius 3 is 2.29 bits per heavy atom. The molecule has 0 unspecified atom stereocenters. The first-order valence-electron chi connectivity index (χ1n) is 11.4. The molecule has 0 saturated heterocycles. The van der Waals surface area contributed by atoms with E-state index in [2.05, 4.69) is 41.4 Å². The summed E-state index contributed by atoms with van der Waals surface area (Å²) in [4.78, 5) is 4.45. The van der Waals surface area contributed by atoms with E-state index in [1.54, 1.807) is 20.4 Å². The Balaban J connectivity index is 1.31. The lowest BCUT2D eigenvalue weighted by molar-refractivity contribution is 0.355. The van der Waals surface area contributed by atoms with Gasteiger partial charge in [-0.15, -0.1) is 0 Å². The Morgan fingerprint density at radius 2 is 1.49 bits per heavy atom. The average molecular weight is 461 g/mol. The van der Waals surface area contributed by atoms with Crippen molar-refractivity contribution < 1.29 is 14.2 Å². The number of hydrogen-bond donors (Lipinski definition) is 1. The molecule has 1 aromatic heterocycles. The fourth-order valence-electron chi connectivity index (χ4n) is 4.85. The number of fused-ring (bicyclic) bond motifs is 4. The van der Waals surface area contributed by atoms with Crippen LogP contribution < -0.4 is 19.9 Å². The van der Waals surface area contributed by atoms with Gasteiger partial charge in [0.2, 0.25) is 0 Å². The van der Waals surface area contributed by atoms with E-state index in [4.69, 9.17) is 19.9 Å². The highest BCUT2D eigenvalue weighted by Gasteiger charge is 2.22. The fraction of sp³-hybridized carbons (Fsp3) is 0.100. The third kappa shape index (κ3) is 3.53. The smallest absolute Gasteiger partial charge is 0.162 e. The lowest BCUT2D eigenvalue weighted by Gasteiger charge is -2.14. The van der Waals surface area contributed by atoms with E-state index in [-0.39, 0.29) is 0 Å². The van der Waals surface area contributed by atoms with Gasteiger partial charge in [-0.25, -0.2) is 0 Å². The number of anilines is 1. The van der Waals surface area contributed by atoms with Crippen LogP contribution >= 0.6 is 0 Å². The predicted octanol–water partition coefficient (Wildman–Crippen LogP) is 6.86. The van der Waals surface area contributed by atoms with Crippen LogP contribution in [0.4, 0.5) is 5.69 Å². The Hall–Kier alpha value is -4.51. The quantitative estimate of drug-likeness (QED) is 0.285. The van der Waals surface area contributed by atoms with Crippen molar-refractivity contribution in [3.63, 3.8) is 0 Å². The van der Waals surface area contributed by atoms with Crippen LogP contribution in [0, 0.1) is 0 Å². The molecule has 0 bridgehead atoms. The molecule has 0 atom stereocenters. The maximum atomic E-state index is 6.66. The number of methoxy groups -OCH3 is 2. The molecule has 5 aromatic rings. The molecule has 4 aromatic carbocycles. The normalized spacial score (nSPS) is 11.7. The first-order chi connectivity index (χ1) is 17.2. The monoisotopic (exact) mass is 460 g/mol. The molecule has 35 heavy (non-hydrogen) atoms. The number of nitrogens with zero attached hydrogens (tertiary/aromatic N) is 1. The predicted molar refractivity (Wildman–Crippen MR) is 139 cm³/mol. The van der Waals surface area contributed by atoms with Gasteiger partial charge in [-0.05, 0) is 52.1 Å². The number of nitrogens with two attached hydrogens (primary N) is 1. The van der Waals surface area contributed by atoms with Gasteiger partial charge in [0.15, 0.2) is 11.5 Å². The van der Waals surface area contributed by atoms with E-state index in [0.717, 1.165) is 39.9 Å². The molecule has 6 rings (SSSR count). The van der Waals surface area contributed by atoms with Crippen LogP contribution in [0.2, 0.25) is 0 Å². The van der Waals surface area contributed by atoms with Gasteiger partial charge >= 0.3 is 0 Å². The van der Waals surface area contributed by atoms with Crippen LogP contribution in [0.3, 0.4) is 0 Å². The van der Waals surface area contributed by atoms with E-state index >= 15 is 0 Å². The molecule has 1 aliphatic rings. The van der Waals surface area contributed by atoms with E-state index in [1.165, 1.54) is 22.3 Å². The third-order valence-corrected chi connectivity index (χ3v) is 6.63. The number of aromatic nitrogens is 1. The lowest BCUT2D eigenvalue weighted by atomic mass is 9.96. The maximum Gasteiger partial charge on any atom is 0.162 e.